The fourth-order valence-electron chi connectivity index (χ4n) is 2.87. The van der Waals surface area contributed by atoms with Crippen LogP contribution in [0.15, 0.2) is 42.5 Å². The van der Waals surface area contributed by atoms with Gasteiger partial charge in [-0.1, -0.05) is 42.5 Å². The average Bonchev–Trinajstić information content (AvgIpc) is 2.91. The monoisotopic (exact) mass is 312 g/mol. The highest BCUT2D eigenvalue weighted by atomic mass is 35.5. The molecule has 0 spiro atoms. The summed E-state index contributed by atoms with van der Waals surface area (Å²) >= 11 is 0. The number of halogens is 2. The first-order valence-electron chi connectivity index (χ1n) is 6.79. The molecule has 1 aliphatic heterocycles. The van der Waals surface area contributed by atoms with E-state index in [0.717, 1.165) is 13.1 Å². The number of rotatable bonds is 3. The van der Waals surface area contributed by atoms with Crippen molar-refractivity contribution in [2.24, 2.45) is 0 Å². The Morgan fingerprint density at radius 3 is 2.60 bits per heavy atom. The molecule has 3 rings (SSSR count). The molecular weight excluding hydrogens is 291 g/mol. The molecule has 0 aliphatic carbocycles. The minimum Gasteiger partial charge on any atom is -0.315 e. The molecule has 0 radical (unpaired) electrons. The van der Waals surface area contributed by atoms with Crippen LogP contribution in [0.25, 0.3) is 10.8 Å². The van der Waals surface area contributed by atoms with E-state index in [1.807, 2.05) is 0 Å². The van der Waals surface area contributed by atoms with Crippen molar-refractivity contribution in [3.05, 3.63) is 48.0 Å². The Labute approximate surface area is 133 Å². The standard InChI is InChI=1S/C16H20N2.2ClH/c1-12(18-14-9-10-17-11-14)15-8-4-6-13-5-2-3-7-16(13)15;;/h2-8,12,14,17-18H,9-11H2,1H3;2*1H/t12?,14-;;/m0../s1. The molecule has 0 saturated carbocycles. The Bertz CT molecular complexity index is 533. The molecule has 4 heteroatoms. The van der Waals surface area contributed by atoms with Gasteiger partial charge in [0.25, 0.3) is 0 Å². The van der Waals surface area contributed by atoms with Gasteiger partial charge in [-0.2, -0.15) is 0 Å². The van der Waals surface area contributed by atoms with Gasteiger partial charge in [-0.25, -0.2) is 0 Å². The van der Waals surface area contributed by atoms with Crippen molar-refractivity contribution in [2.45, 2.75) is 25.4 Å². The summed E-state index contributed by atoms with van der Waals surface area (Å²) in [6, 6.07) is 16.2. The first-order valence-corrected chi connectivity index (χ1v) is 6.79. The lowest BCUT2D eigenvalue weighted by Gasteiger charge is -2.20. The van der Waals surface area contributed by atoms with Crippen LogP contribution in [0.2, 0.25) is 0 Å². The van der Waals surface area contributed by atoms with E-state index in [2.05, 4.69) is 60.0 Å². The van der Waals surface area contributed by atoms with Crippen molar-refractivity contribution < 1.29 is 0 Å². The van der Waals surface area contributed by atoms with Crippen molar-refractivity contribution in [1.82, 2.24) is 10.6 Å². The molecule has 0 amide bonds. The normalized spacial score (nSPS) is 19.1. The van der Waals surface area contributed by atoms with Crippen LogP contribution in [0.1, 0.15) is 24.9 Å². The van der Waals surface area contributed by atoms with Gasteiger partial charge in [0.05, 0.1) is 0 Å². The Kier molecular flexibility index (Phi) is 6.77. The van der Waals surface area contributed by atoms with Crippen LogP contribution in [0, 0.1) is 0 Å². The topological polar surface area (TPSA) is 24.1 Å². The van der Waals surface area contributed by atoms with Gasteiger partial charge < -0.3 is 10.6 Å². The maximum absolute atomic E-state index is 3.72. The van der Waals surface area contributed by atoms with Gasteiger partial charge in [0.15, 0.2) is 0 Å². The van der Waals surface area contributed by atoms with E-state index in [1.165, 1.54) is 22.8 Å². The van der Waals surface area contributed by atoms with Crippen LogP contribution >= 0.6 is 24.8 Å². The molecule has 110 valence electrons. The quantitative estimate of drug-likeness (QED) is 0.903. The largest absolute Gasteiger partial charge is 0.315 e. The zero-order valence-corrected chi connectivity index (χ0v) is 13.3. The highest BCUT2D eigenvalue weighted by molar-refractivity contribution is 5.86. The fraction of sp³-hybridized carbons (Fsp3) is 0.375. The smallest absolute Gasteiger partial charge is 0.0301 e. The second-order valence-corrected chi connectivity index (χ2v) is 5.15. The van der Waals surface area contributed by atoms with Gasteiger partial charge in [0.2, 0.25) is 0 Å². The van der Waals surface area contributed by atoms with Crippen LogP contribution in [-0.2, 0) is 0 Å². The second-order valence-electron chi connectivity index (χ2n) is 5.15. The lowest BCUT2D eigenvalue weighted by Crippen LogP contribution is -2.33. The van der Waals surface area contributed by atoms with E-state index in [0.29, 0.717) is 12.1 Å². The van der Waals surface area contributed by atoms with Gasteiger partial charge >= 0.3 is 0 Å². The Morgan fingerprint density at radius 1 is 1.10 bits per heavy atom. The van der Waals surface area contributed by atoms with Crippen LogP contribution in [0.3, 0.4) is 0 Å². The van der Waals surface area contributed by atoms with Gasteiger partial charge in [0, 0.05) is 18.6 Å². The molecule has 2 nitrogen and oxygen atoms in total. The lowest BCUT2D eigenvalue weighted by atomic mass is 9.99. The highest BCUT2D eigenvalue weighted by Gasteiger charge is 2.17. The zero-order valence-electron chi connectivity index (χ0n) is 11.6. The van der Waals surface area contributed by atoms with Crippen molar-refractivity contribution in [3.63, 3.8) is 0 Å². The van der Waals surface area contributed by atoms with Crippen LogP contribution in [0.5, 0.6) is 0 Å². The van der Waals surface area contributed by atoms with E-state index in [1.54, 1.807) is 0 Å². The molecule has 1 fully saturated rings. The predicted molar refractivity (Wildman–Crippen MR) is 91.3 cm³/mol. The minimum atomic E-state index is 0. The van der Waals surface area contributed by atoms with E-state index in [9.17, 15) is 0 Å². The third-order valence-electron chi connectivity index (χ3n) is 3.84. The van der Waals surface area contributed by atoms with E-state index >= 15 is 0 Å². The van der Waals surface area contributed by atoms with Crippen molar-refractivity contribution in [3.8, 4) is 0 Å². The summed E-state index contributed by atoms with van der Waals surface area (Å²) < 4.78 is 0. The molecular formula is C16H22Cl2N2. The van der Waals surface area contributed by atoms with E-state index < -0.39 is 0 Å². The summed E-state index contributed by atoms with van der Waals surface area (Å²) in [5.41, 5.74) is 1.40. The highest BCUT2D eigenvalue weighted by Crippen LogP contribution is 2.24. The van der Waals surface area contributed by atoms with Crippen molar-refractivity contribution in [2.75, 3.05) is 13.1 Å². The van der Waals surface area contributed by atoms with Crippen molar-refractivity contribution in [1.29, 1.82) is 0 Å². The fourth-order valence-corrected chi connectivity index (χ4v) is 2.87. The molecule has 0 aromatic heterocycles. The number of hydrogen-bond donors (Lipinski definition) is 2. The summed E-state index contributed by atoms with van der Waals surface area (Å²) in [7, 11) is 0. The van der Waals surface area contributed by atoms with E-state index in [4.69, 9.17) is 0 Å². The molecule has 2 atom stereocenters. The molecule has 0 bridgehead atoms. The van der Waals surface area contributed by atoms with Gasteiger partial charge in [0.1, 0.15) is 0 Å². The van der Waals surface area contributed by atoms with Crippen LogP contribution in [-0.4, -0.2) is 19.1 Å². The maximum Gasteiger partial charge on any atom is 0.0301 e. The first kappa shape index (κ1) is 17.3. The molecule has 1 heterocycles. The first-order chi connectivity index (χ1) is 8.84. The molecule has 20 heavy (non-hydrogen) atoms. The van der Waals surface area contributed by atoms with Crippen molar-refractivity contribution >= 4 is 35.6 Å². The van der Waals surface area contributed by atoms with Crippen LogP contribution in [0.4, 0.5) is 0 Å². The second kappa shape index (κ2) is 7.84. The minimum absolute atomic E-state index is 0. The zero-order chi connectivity index (χ0) is 12.4. The molecule has 2 N–H and O–H groups in total. The van der Waals surface area contributed by atoms with Crippen LogP contribution < -0.4 is 10.6 Å². The summed E-state index contributed by atoms with van der Waals surface area (Å²) in [5, 5.41) is 9.82. The molecule has 1 saturated heterocycles. The molecule has 2 aromatic carbocycles. The summed E-state index contributed by atoms with van der Waals surface area (Å²) in [4.78, 5) is 0. The van der Waals surface area contributed by atoms with Gasteiger partial charge in [-0.3, -0.25) is 0 Å². The third-order valence-corrected chi connectivity index (χ3v) is 3.84. The Hall–Kier alpha value is -0.800. The molecule has 1 unspecified atom stereocenters. The number of fused-ring (bicyclic) bond motifs is 1. The number of nitrogens with one attached hydrogen (secondary N) is 2. The third kappa shape index (κ3) is 3.64. The van der Waals surface area contributed by atoms with Gasteiger partial charge in [-0.15, -0.1) is 24.8 Å². The average molecular weight is 313 g/mol. The van der Waals surface area contributed by atoms with E-state index in [-0.39, 0.29) is 24.8 Å². The SMILES string of the molecule is CC(N[C@H]1CCNC1)c1cccc2ccccc12.Cl.Cl. The summed E-state index contributed by atoms with van der Waals surface area (Å²) in [5.74, 6) is 0. The molecule has 2 aromatic rings. The summed E-state index contributed by atoms with van der Waals surface area (Å²) in [6.45, 7) is 4.50. The maximum atomic E-state index is 3.72. The number of benzene rings is 2. The Morgan fingerprint density at radius 2 is 1.85 bits per heavy atom. The summed E-state index contributed by atoms with van der Waals surface area (Å²) in [6.07, 6.45) is 1.23. The lowest BCUT2D eigenvalue weighted by molar-refractivity contribution is 0.480. The Balaban J connectivity index is 0.000001000. The number of hydrogen-bond acceptors (Lipinski definition) is 2. The predicted octanol–water partition coefficient (Wildman–Crippen LogP) is 3.70. The molecule has 1 aliphatic rings. The van der Waals surface area contributed by atoms with Gasteiger partial charge in [-0.05, 0) is 36.2 Å².